The third kappa shape index (κ3) is 6.96. The van der Waals surface area contributed by atoms with Crippen molar-refractivity contribution in [2.75, 3.05) is 17.7 Å². The number of rotatable bonds is 8. The van der Waals surface area contributed by atoms with E-state index in [9.17, 15) is 18.0 Å². The second-order valence-electron chi connectivity index (χ2n) is 8.76. The van der Waals surface area contributed by atoms with E-state index in [0.717, 1.165) is 49.9 Å². The Morgan fingerprint density at radius 3 is 2.32 bits per heavy atom. The molecular weight excluding hydrogens is 483 g/mol. The van der Waals surface area contributed by atoms with Crippen LogP contribution in [0.5, 0.6) is 0 Å². The van der Waals surface area contributed by atoms with E-state index >= 15 is 0 Å². The monoisotopic (exact) mass is 513 g/mol. The highest BCUT2D eigenvalue weighted by molar-refractivity contribution is 6.29. The van der Waals surface area contributed by atoms with Crippen LogP contribution in [0.4, 0.5) is 29.3 Å². The number of aliphatic imine (C=N–C) groups is 1. The molecule has 6 N–H and O–H groups in total. The Bertz CT molecular complexity index is 1210. The first kappa shape index (κ1) is 27.4. The Labute approximate surface area is 213 Å². The molecule has 1 saturated carbocycles. The maximum Gasteiger partial charge on any atom is 0.416 e. The zero-order valence-electron chi connectivity index (χ0n) is 20.6. The molecule has 8 nitrogen and oxygen atoms in total. The number of nitrogens with one attached hydrogen (secondary N) is 4. The smallest absolute Gasteiger partial charge is 0.383 e. The topological polar surface area (TPSA) is 130 Å². The minimum absolute atomic E-state index is 0.00307. The standard InChI is InChI=1S/C26H30F3N7O/c1-16(36(2)21-8-3-4-9-21)22(24(32)33-15-30)23(31)17-10-12-19(13-11-17)34-25(37)35-20-7-5-6-18(14-20)26(27,28)29/h5-7,10-15,21,31H,3-4,8-9H2,1-2H3,(H3,30,32,33)(H2,34,35,37)/b22-16+,31-23?. The van der Waals surface area contributed by atoms with Gasteiger partial charge in [-0.3, -0.25) is 10.8 Å². The Morgan fingerprint density at radius 2 is 1.73 bits per heavy atom. The fraction of sp³-hybridized carbons (Fsp3) is 0.308. The van der Waals surface area contributed by atoms with Crippen molar-refractivity contribution >= 4 is 35.3 Å². The molecule has 1 aliphatic rings. The van der Waals surface area contributed by atoms with Gasteiger partial charge < -0.3 is 21.3 Å². The molecule has 11 heteroatoms. The maximum atomic E-state index is 12.9. The minimum Gasteiger partial charge on any atom is -0.383 e. The SMILES string of the molecule is C/C(=C(/C(=N)c1ccc(NC(=O)Nc2cccc(C(F)(F)F)c2)cc1)C(N)=NC=N)N(C)C1CCCC1. The van der Waals surface area contributed by atoms with Crippen LogP contribution in [0.1, 0.15) is 43.7 Å². The van der Waals surface area contributed by atoms with Gasteiger partial charge in [0, 0.05) is 35.7 Å². The van der Waals surface area contributed by atoms with Crippen LogP contribution in [0, 0.1) is 10.8 Å². The molecule has 0 spiro atoms. The van der Waals surface area contributed by atoms with Gasteiger partial charge in [0.2, 0.25) is 0 Å². The van der Waals surface area contributed by atoms with Crippen LogP contribution >= 0.6 is 0 Å². The average molecular weight is 514 g/mol. The van der Waals surface area contributed by atoms with Crippen molar-refractivity contribution in [1.82, 2.24) is 4.90 Å². The molecule has 196 valence electrons. The summed E-state index contributed by atoms with van der Waals surface area (Å²) >= 11 is 0. The molecule has 0 bridgehead atoms. The highest BCUT2D eigenvalue weighted by Gasteiger charge is 2.30. The Morgan fingerprint density at radius 1 is 1.11 bits per heavy atom. The summed E-state index contributed by atoms with van der Waals surface area (Å²) in [5.74, 6) is 0.0602. The molecule has 0 heterocycles. The summed E-state index contributed by atoms with van der Waals surface area (Å²) in [7, 11) is 1.96. The van der Waals surface area contributed by atoms with Gasteiger partial charge in [0.15, 0.2) is 0 Å². The van der Waals surface area contributed by atoms with Gasteiger partial charge in [-0.15, -0.1) is 0 Å². The predicted molar refractivity (Wildman–Crippen MR) is 140 cm³/mol. The number of nitrogens with zero attached hydrogens (tertiary/aromatic N) is 2. The van der Waals surface area contributed by atoms with Gasteiger partial charge in [-0.25, -0.2) is 9.79 Å². The van der Waals surface area contributed by atoms with Gasteiger partial charge >= 0.3 is 12.2 Å². The fourth-order valence-corrected chi connectivity index (χ4v) is 4.30. The van der Waals surface area contributed by atoms with E-state index < -0.39 is 17.8 Å². The van der Waals surface area contributed by atoms with E-state index in [-0.39, 0.29) is 17.2 Å². The van der Waals surface area contributed by atoms with Crippen molar-refractivity contribution in [3.63, 3.8) is 0 Å². The average Bonchev–Trinajstić information content (AvgIpc) is 3.39. The fourth-order valence-electron chi connectivity index (χ4n) is 4.30. The molecule has 0 atom stereocenters. The summed E-state index contributed by atoms with van der Waals surface area (Å²) < 4.78 is 38.7. The summed E-state index contributed by atoms with van der Waals surface area (Å²) in [6.07, 6.45) is 0.724. The summed E-state index contributed by atoms with van der Waals surface area (Å²) in [4.78, 5) is 18.3. The quantitative estimate of drug-likeness (QED) is 0.225. The predicted octanol–water partition coefficient (Wildman–Crippen LogP) is 5.83. The van der Waals surface area contributed by atoms with Gasteiger partial charge in [-0.05, 0) is 50.1 Å². The number of benzene rings is 2. The third-order valence-corrected chi connectivity index (χ3v) is 6.35. The maximum absolute atomic E-state index is 12.9. The molecule has 0 radical (unpaired) electrons. The molecule has 2 aromatic carbocycles. The van der Waals surface area contributed by atoms with Crippen molar-refractivity contribution in [3.8, 4) is 0 Å². The number of hydrogen-bond acceptors (Lipinski definition) is 4. The normalized spacial score (nSPS) is 15.1. The first-order valence-corrected chi connectivity index (χ1v) is 11.7. The number of carbonyl (C=O) groups excluding carboxylic acids is 1. The number of allylic oxidation sites excluding steroid dienone is 1. The van der Waals surface area contributed by atoms with Crippen LogP contribution in [0.15, 0.2) is 64.8 Å². The van der Waals surface area contributed by atoms with E-state index in [2.05, 4.69) is 20.5 Å². The van der Waals surface area contributed by atoms with Crippen LogP contribution in [0.2, 0.25) is 0 Å². The summed E-state index contributed by atoms with van der Waals surface area (Å²) in [5, 5.41) is 21.1. The lowest BCUT2D eigenvalue weighted by atomic mass is 9.98. The van der Waals surface area contributed by atoms with Crippen molar-refractivity contribution in [2.45, 2.75) is 44.8 Å². The zero-order valence-corrected chi connectivity index (χ0v) is 20.6. The van der Waals surface area contributed by atoms with Crippen molar-refractivity contribution in [3.05, 3.63) is 70.9 Å². The van der Waals surface area contributed by atoms with Crippen molar-refractivity contribution < 1.29 is 18.0 Å². The lowest BCUT2D eigenvalue weighted by Gasteiger charge is -2.29. The number of amides is 2. The van der Waals surface area contributed by atoms with Gasteiger partial charge in [0.05, 0.1) is 16.8 Å². The van der Waals surface area contributed by atoms with Crippen LogP contribution < -0.4 is 16.4 Å². The number of carbonyl (C=O) groups is 1. The van der Waals surface area contributed by atoms with Crippen LogP contribution in [0.25, 0.3) is 0 Å². The van der Waals surface area contributed by atoms with Gasteiger partial charge in [0.1, 0.15) is 12.2 Å². The molecule has 2 amide bonds. The number of anilines is 2. The number of nitrogens with two attached hydrogens (primary N) is 1. The van der Waals surface area contributed by atoms with Crippen LogP contribution in [-0.2, 0) is 6.18 Å². The molecule has 0 saturated heterocycles. The Balaban J connectivity index is 1.76. The molecule has 2 aromatic rings. The van der Waals surface area contributed by atoms with Crippen molar-refractivity contribution in [1.29, 1.82) is 10.8 Å². The zero-order chi connectivity index (χ0) is 27.2. The summed E-state index contributed by atoms with van der Waals surface area (Å²) in [5.41, 5.74) is 7.50. The van der Waals surface area contributed by atoms with E-state index in [1.165, 1.54) is 12.1 Å². The van der Waals surface area contributed by atoms with Crippen LogP contribution in [-0.4, -0.2) is 41.9 Å². The summed E-state index contributed by atoms with van der Waals surface area (Å²) in [6, 6.07) is 10.4. The Hall–Kier alpha value is -4.15. The minimum atomic E-state index is -4.52. The highest BCUT2D eigenvalue weighted by Crippen LogP contribution is 2.31. The number of urea groups is 1. The third-order valence-electron chi connectivity index (χ3n) is 6.35. The lowest BCUT2D eigenvalue weighted by Crippen LogP contribution is -2.33. The highest BCUT2D eigenvalue weighted by atomic mass is 19.4. The van der Waals surface area contributed by atoms with E-state index in [4.69, 9.17) is 16.6 Å². The summed E-state index contributed by atoms with van der Waals surface area (Å²) in [6.45, 7) is 1.88. The second kappa shape index (κ2) is 11.7. The number of amidine groups is 1. The molecule has 0 aliphatic heterocycles. The number of hydrogen-bond donors (Lipinski definition) is 5. The van der Waals surface area contributed by atoms with Crippen molar-refractivity contribution in [2.24, 2.45) is 10.7 Å². The molecular formula is C26H30F3N7O. The second-order valence-corrected chi connectivity index (χ2v) is 8.76. The number of halogens is 3. The van der Waals surface area contributed by atoms with Crippen LogP contribution in [0.3, 0.4) is 0 Å². The lowest BCUT2D eigenvalue weighted by molar-refractivity contribution is -0.137. The van der Waals surface area contributed by atoms with E-state index in [0.29, 0.717) is 22.9 Å². The molecule has 1 aliphatic carbocycles. The largest absolute Gasteiger partial charge is 0.416 e. The molecule has 1 fully saturated rings. The molecule has 37 heavy (non-hydrogen) atoms. The first-order valence-electron chi connectivity index (χ1n) is 11.7. The first-order chi connectivity index (χ1) is 17.5. The van der Waals surface area contributed by atoms with Gasteiger partial charge in [-0.1, -0.05) is 31.0 Å². The van der Waals surface area contributed by atoms with E-state index in [1.54, 1.807) is 24.3 Å². The van der Waals surface area contributed by atoms with Gasteiger partial charge in [-0.2, -0.15) is 13.2 Å². The van der Waals surface area contributed by atoms with E-state index in [1.807, 2.05) is 14.0 Å². The Kier molecular flexibility index (Phi) is 8.69. The molecule has 0 aromatic heterocycles. The number of alkyl halides is 3. The molecule has 3 rings (SSSR count). The molecule has 0 unspecified atom stereocenters. The van der Waals surface area contributed by atoms with Gasteiger partial charge in [0.25, 0.3) is 0 Å².